The largest absolute Gasteiger partial charge is 0.493 e. The molecule has 0 spiro atoms. The zero-order valence-electron chi connectivity index (χ0n) is 21.1. The molecule has 0 bridgehead atoms. The van der Waals surface area contributed by atoms with E-state index in [2.05, 4.69) is 63.5 Å². The zero-order chi connectivity index (χ0) is 22.1. The van der Waals surface area contributed by atoms with Crippen LogP contribution in [0.2, 0.25) is 0 Å². The third-order valence-electron chi connectivity index (χ3n) is 6.86. The maximum absolute atomic E-state index is 5.72. The van der Waals surface area contributed by atoms with Crippen LogP contribution < -0.4 is 14.4 Å². The summed E-state index contributed by atoms with van der Waals surface area (Å²) in [4.78, 5) is 5.19. The van der Waals surface area contributed by atoms with E-state index in [1.54, 1.807) is 14.2 Å². The van der Waals surface area contributed by atoms with Crippen molar-refractivity contribution in [3.8, 4) is 11.5 Å². The summed E-state index contributed by atoms with van der Waals surface area (Å²) in [6, 6.07) is 4.51. The van der Waals surface area contributed by atoms with Crippen LogP contribution in [0, 0.1) is 16.7 Å². The van der Waals surface area contributed by atoms with E-state index in [0.29, 0.717) is 16.7 Å². The summed E-state index contributed by atoms with van der Waals surface area (Å²) in [5.74, 6) is 2.97. The van der Waals surface area contributed by atoms with Crippen LogP contribution in [0.4, 0.5) is 5.69 Å². The normalized spacial score (nSPS) is 21.6. The van der Waals surface area contributed by atoms with Crippen molar-refractivity contribution in [1.82, 2.24) is 4.90 Å². The van der Waals surface area contributed by atoms with Gasteiger partial charge in [0.25, 0.3) is 0 Å². The number of anilines is 1. The molecule has 1 aromatic carbocycles. The third kappa shape index (κ3) is 6.44. The lowest BCUT2D eigenvalue weighted by atomic mass is 9.60. The fourth-order valence-electron chi connectivity index (χ4n) is 6.24. The van der Waals surface area contributed by atoms with Gasteiger partial charge in [-0.1, -0.05) is 41.5 Å². The number of rotatable bonds is 6. The molecule has 1 heterocycles. The van der Waals surface area contributed by atoms with E-state index in [1.807, 2.05) is 0 Å². The van der Waals surface area contributed by atoms with Crippen LogP contribution >= 0.6 is 12.4 Å². The van der Waals surface area contributed by atoms with Gasteiger partial charge in [0.1, 0.15) is 0 Å². The predicted octanol–water partition coefficient (Wildman–Crippen LogP) is 6.22. The van der Waals surface area contributed by atoms with Crippen molar-refractivity contribution < 1.29 is 9.47 Å². The molecule has 4 nitrogen and oxygen atoms in total. The molecule has 3 rings (SSSR count). The highest BCUT2D eigenvalue weighted by molar-refractivity contribution is 5.85. The molecule has 2 fully saturated rings. The highest BCUT2D eigenvalue weighted by atomic mass is 35.5. The van der Waals surface area contributed by atoms with Gasteiger partial charge in [-0.05, 0) is 53.6 Å². The van der Waals surface area contributed by atoms with Gasteiger partial charge in [-0.15, -0.1) is 12.4 Å². The Morgan fingerprint density at radius 3 is 1.90 bits per heavy atom. The van der Waals surface area contributed by atoms with Crippen molar-refractivity contribution in [2.75, 3.05) is 51.8 Å². The Kier molecular flexibility index (Phi) is 8.60. The van der Waals surface area contributed by atoms with Crippen LogP contribution in [0.15, 0.2) is 12.1 Å². The van der Waals surface area contributed by atoms with Crippen molar-refractivity contribution in [3.63, 3.8) is 0 Å². The highest BCUT2D eigenvalue weighted by Crippen LogP contribution is 2.54. The Balaban J connectivity index is 0.00000341. The second-order valence-corrected chi connectivity index (χ2v) is 11.6. The molecule has 0 N–H and O–H groups in total. The third-order valence-corrected chi connectivity index (χ3v) is 6.86. The van der Waals surface area contributed by atoms with Crippen molar-refractivity contribution >= 4 is 18.1 Å². The zero-order valence-corrected chi connectivity index (χ0v) is 21.9. The topological polar surface area (TPSA) is 24.9 Å². The van der Waals surface area contributed by atoms with E-state index in [4.69, 9.17) is 9.47 Å². The van der Waals surface area contributed by atoms with Crippen LogP contribution in [0.5, 0.6) is 11.5 Å². The molecule has 0 amide bonds. The molecule has 1 aliphatic heterocycles. The second kappa shape index (κ2) is 10.2. The van der Waals surface area contributed by atoms with Gasteiger partial charge in [0.05, 0.1) is 14.2 Å². The van der Waals surface area contributed by atoms with E-state index < -0.39 is 0 Å². The number of methoxy groups -OCH3 is 2. The molecule has 0 atom stereocenters. The molecule has 178 valence electrons. The summed E-state index contributed by atoms with van der Waals surface area (Å²) < 4.78 is 11.4. The van der Waals surface area contributed by atoms with Crippen LogP contribution in [0.1, 0.15) is 72.3 Å². The van der Waals surface area contributed by atoms with Crippen molar-refractivity contribution in [2.45, 2.75) is 66.7 Å². The minimum Gasteiger partial charge on any atom is -0.493 e. The lowest BCUT2D eigenvalue weighted by molar-refractivity contribution is 0.0968. The molecule has 1 saturated carbocycles. The summed E-state index contributed by atoms with van der Waals surface area (Å²) in [6.45, 7) is 20.0. The maximum atomic E-state index is 5.72. The summed E-state index contributed by atoms with van der Waals surface area (Å²) in [5, 5.41) is 0. The lowest BCUT2D eigenvalue weighted by Gasteiger charge is -2.46. The van der Waals surface area contributed by atoms with Gasteiger partial charge in [-0.2, -0.15) is 0 Å². The molecule has 2 aliphatic rings. The first-order chi connectivity index (χ1) is 14.0. The molecule has 5 heteroatoms. The highest BCUT2D eigenvalue weighted by Gasteiger charge is 2.40. The van der Waals surface area contributed by atoms with Crippen LogP contribution in [0.25, 0.3) is 0 Å². The Bertz CT molecular complexity index is 708. The van der Waals surface area contributed by atoms with Crippen molar-refractivity contribution in [2.24, 2.45) is 16.7 Å². The number of ether oxygens (including phenoxy) is 2. The number of hydrogen-bond donors (Lipinski definition) is 0. The van der Waals surface area contributed by atoms with Gasteiger partial charge >= 0.3 is 0 Å². The van der Waals surface area contributed by atoms with E-state index in [1.165, 1.54) is 37.1 Å². The van der Waals surface area contributed by atoms with Crippen LogP contribution in [0.3, 0.4) is 0 Å². The number of nitrogens with zero attached hydrogens (tertiary/aromatic N) is 2. The Labute approximate surface area is 197 Å². The molecule has 0 aromatic heterocycles. The second-order valence-electron chi connectivity index (χ2n) is 11.6. The number of piperazine rings is 1. The van der Waals surface area contributed by atoms with Gasteiger partial charge in [-0.25, -0.2) is 0 Å². The first-order valence-corrected chi connectivity index (χ1v) is 11.8. The Morgan fingerprint density at radius 2 is 1.42 bits per heavy atom. The maximum Gasteiger partial charge on any atom is 0.162 e. The predicted molar refractivity (Wildman–Crippen MR) is 134 cm³/mol. The fraction of sp³-hybridized carbons (Fsp3) is 0.769. The SMILES string of the molecule is COc1cc(C2CC(C)(C)CC(C)(C)C2)c(N2CCN(CC(C)C)CC2)cc1OC.Cl. The average molecular weight is 453 g/mol. The quantitative estimate of drug-likeness (QED) is 0.511. The van der Waals surface area contributed by atoms with Gasteiger partial charge in [0.15, 0.2) is 11.5 Å². The first-order valence-electron chi connectivity index (χ1n) is 11.8. The van der Waals surface area contributed by atoms with Gasteiger partial charge < -0.3 is 14.4 Å². The Morgan fingerprint density at radius 1 is 0.903 bits per heavy atom. The minimum absolute atomic E-state index is 0. The Hall–Kier alpha value is -1.13. The van der Waals surface area contributed by atoms with E-state index in [0.717, 1.165) is 43.6 Å². The molecular formula is C26H45ClN2O2. The van der Waals surface area contributed by atoms with E-state index >= 15 is 0 Å². The summed E-state index contributed by atoms with van der Waals surface area (Å²) in [7, 11) is 3.50. The van der Waals surface area contributed by atoms with Crippen molar-refractivity contribution in [3.05, 3.63) is 17.7 Å². The van der Waals surface area contributed by atoms with Crippen LogP contribution in [-0.2, 0) is 0 Å². The van der Waals surface area contributed by atoms with Gasteiger partial charge in [0.2, 0.25) is 0 Å². The van der Waals surface area contributed by atoms with E-state index in [9.17, 15) is 0 Å². The molecule has 1 saturated heterocycles. The molecule has 31 heavy (non-hydrogen) atoms. The minimum atomic E-state index is 0. The van der Waals surface area contributed by atoms with Crippen LogP contribution in [-0.4, -0.2) is 51.8 Å². The smallest absolute Gasteiger partial charge is 0.162 e. The molecule has 0 radical (unpaired) electrons. The summed E-state index contributed by atoms with van der Waals surface area (Å²) in [6.07, 6.45) is 3.74. The van der Waals surface area contributed by atoms with Crippen molar-refractivity contribution in [1.29, 1.82) is 0 Å². The monoisotopic (exact) mass is 452 g/mol. The summed E-state index contributed by atoms with van der Waals surface area (Å²) >= 11 is 0. The first kappa shape index (κ1) is 26.1. The molecular weight excluding hydrogens is 408 g/mol. The van der Waals surface area contributed by atoms with Gasteiger partial charge in [0, 0.05) is 44.5 Å². The lowest BCUT2D eigenvalue weighted by Crippen LogP contribution is -2.47. The standard InChI is InChI=1S/C26H44N2O2.ClH/c1-19(2)17-27-9-11-28(12-10-27)22-14-24(30-8)23(29-7)13-21(22)20-15-25(3,4)18-26(5,6)16-20;/h13-14,19-20H,9-12,15-18H2,1-8H3;1H. The average Bonchev–Trinajstić information content (AvgIpc) is 2.64. The summed E-state index contributed by atoms with van der Waals surface area (Å²) in [5.41, 5.74) is 3.51. The number of hydrogen-bond acceptors (Lipinski definition) is 4. The molecule has 1 aromatic rings. The molecule has 1 aliphatic carbocycles. The van der Waals surface area contributed by atoms with E-state index in [-0.39, 0.29) is 12.4 Å². The fourth-order valence-corrected chi connectivity index (χ4v) is 6.24. The number of benzene rings is 1. The van der Waals surface area contributed by atoms with Gasteiger partial charge in [-0.3, -0.25) is 4.90 Å². The number of halogens is 1. The molecule has 0 unspecified atom stereocenters.